The number of para-hydroxylation sites is 1. The lowest BCUT2D eigenvalue weighted by atomic mass is 9.76. The van der Waals surface area contributed by atoms with Crippen LogP contribution in [-0.2, 0) is 17.6 Å². The van der Waals surface area contributed by atoms with Crippen LogP contribution in [-0.4, -0.2) is 59.8 Å². The highest BCUT2D eigenvalue weighted by molar-refractivity contribution is 5.74. The van der Waals surface area contributed by atoms with Crippen LogP contribution in [0.5, 0.6) is 0 Å². The number of piperidine rings is 2. The molecule has 0 saturated carbocycles. The van der Waals surface area contributed by atoms with Crippen molar-refractivity contribution in [1.82, 2.24) is 15.3 Å². The summed E-state index contributed by atoms with van der Waals surface area (Å²) < 4.78 is 0. The van der Waals surface area contributed by atoms with E-state index in [4.69, 9.17) is 5.73 Å². The lowest BCUT2D eigenvalue weighted by Gasteiger charge is -2.39. The van der Waals surface area contributed by atoms with E-state index in [2.05, 4.69) is 55.4 Å². The van der Waals surface area contributed by atoms with E-state index >= 15 is 0 Å². The van der Waals surface area contributed by atoms with E-state index in [9.17, 15) is 9.90 Å². The molecule has 3 saturated heterocycles. The van der Waals surface area contributed by atoms with Gasteiger partial charge in [0.2, 0.25) is 5.95 Å². The molecule has 4 N–H and O–H groups in total. The van der Waals surface area contributed by atoms with Gasteiger partial charge in [-0.2, -0.15) is 4.98 Å². The maximum absolute atomic E-state index is 11.4. The van der Waals surface area contributed by atoms with E-state index in [1.165, 1.54) is 30.5 Å². The van der Waals surface area contributed by atoms with Crippen LogP contribution in [0.25, 0.3) is 0 Å². The van der Waals surface area contributed by atoms with Crippen molar-refractivity contribution in [2.75, 3.05) is 48.3 Å². The van der Waals surface area contributed by atoms with Crippen molar-refractivity contribution in [2.45, 2.75) is 57.4 Å². The fraction of sp³-hybridized carbons (Fsp3) is 0.577. The number of nitrogens with zero attached hydrogens (tertiary/aromatic N) is 4. The van der Waals surface area contributed by atoms with Crippen LogP contribution in [0.15, 0.2) is 30.3 Å². The second-order valence-corrected chi connectivity index (χ2v) is 10.2. The van der Waals surface area contributed by atoms with Gasteiger partial charge in [0.1, 0.15) is 11.9 Å². The summed E-state index contributed by atoms with van der Waals surface area (Å²) in [7, 11) is 0. The zero-order valence-corrected chi connectivity index (χ0v) is 19.9. The molecule has 8 heteroatoms. The quantitative estimate of drug-likeness (QED) is 0.599. The zero-order valence-electron chi connectivity index (χ0n) is 19.9. The maximum Gasteiger partial charge on any atom is 0.320 e. The van der Waals surface area contributed by atoms with Crippen molar-refractivity contribution in [2.24, 2.45) is 5.41 Å². The molecule has 5 rings (SSSR count). The van der Waals surface area contributed by atoms with E-state index in [1.807, 2.05) is 0 Å². The third-order valence-corrected chi connectivity index (χ3v) is 7.93. The number of nitrogens with one attached hydrogen (secondary N) is 1. The molecule has 0 bridgehead atoms. The van der Waals surface area contributed by atoms with E-state index in [0.29, 0.717) is 12.4 Å². The first-order chi connectivity index (χ1) is 16.5. The van der Waals surface area contributed by atoms with Crippen LogP contribution in [0.3, 0.4) is 0 Å². The first-order valence-electron chi connectivity index (χ1n) is 12.7. The predicted octanol–water partition coefficient (Wildman–Crippen LogP) is 2.87. The van der Waals surface area contributed by atoms with Gasteiger partial charge < -0.3 is 26.0 Å². The highest BCUT2D eigenvalue weighted by atomic mass is 16.4. The maximum atomic E-state index is 11.4. The molecule has 0 unspecified atom stereocenters. The average molecular weight is 465 g/mol. The molecule has 1 atom stereocenters. The van der Waals surface area contributed by atoms with Crippen molar-refractivity contribution in [3.8, 4) is 0 Å². The van der Waals surface area contributed by atoms with Crippen molar-refractivity contribution in [1.29, 1.82) is 0 Å². The van der Waals surface area contributed by atoms with Crippen LogP contribution >= 0.6 is 0 Å². The number of carboxylic acids is 1. The van der Waals surface area contributed by atoms with Crippen LogP contribution in [0.2, 0.25) is 0 Å². The first kappa shape index (κ1) is 22.9. The molecule has 182 valence electrons. The molecule has 0 aliphatic carbocycles. The Morgan fingerprint density at radius 2 is 1.82 bits per heavy atom. The van der Waals surface area contributed by atoms with Gasteiger partial charge in [0.25, 0.3) is 0 Å². The van der Waals surface area contributed by atoms with E-state index in [-0.39, 0.29) is 5.41 Å². The highest BCUT2D eigenvalue weighted by Gasteiger charge is 2.43. The molecule has 1 aromatic carbocycles. The van der Waals surface area contributed by atoms with Crippen molar-refractivity contribution < 1.29 is 9.90 Å². The molecule has 34 heavy (non-hydrogen) atoms. The summed E-state index contributed by atoms with van der Waals surface area (Å²) in [6.45, 7) is 4.79. The molecule has 8 nitrogen and oxygen atoms in total. The number of carbonyl (C=O) groups is 1. The third-order valence-electron chi connectivity index (χ3n) is 7.93. The molecule has 4 heterocycles. The predicted molar refractivity (Wildman–Crippen MR) is 134 cm³/mol. The number of hydrogen-bond donors (Lipinski definition) is 3. The molecule has 1 aromatic heterocycles. The van der Waals surface area contributed by atoms with Gasteiger partial charge in [0, 0.05) is 50.2 Å². The molecule has 0 amide bonds. The average Bonchev–Trinajstić information content (AvgIpc) is 3.27. The number of aryl methyl sites for hydroxylation is 2. The van der Waals surface area contributed by atoms with Gasteiger partial charge in [0.15, 0.2) is 0 Å². The normalized spacial score (nSPS) is 22.3. The Balaban J connectivity index is 1.24. The first-order valence-corrected chi connectivity index (χ1v) is 12.7. The summed E-state index contributed by atoms with van der Waals surface area (Å²) in [5, 5.41) is 12.5. The Hall–Kier alpha value is -2.87. The van der Waals surface area contributed by atoms with Crippen molar-refractivity contribution in [3.05, 3.63) is 41.6 Å². The third kappa shape index (κ3) is 4.97. The van der Waals surface area contributed by atoms with E-state index in [0.717, 1.165) is 69.9 Å². The fourth-order valence-electron chi connectivity index (χ4n) is 5.90. The van der Waals surface area contributed by atoms with Crippen LogP contribution < -0.4 is 20.9 Å². The number of anilines is 3. The van der Waals surface area contributed by atoms with Gasteiger partial charge in [-0.25, -0.2) is 4.98 Å². The molecule has 3 aliphatic rings. The number of nitrogens with two attached hydrogens (primary N) is 1. The zero-order chi connectivity index (χ0) is 23.5. The number of hydrogen-bond acceptors (Lipinski definition) is 7. The van der Waals surface area contributed by atoms with Gasteiger partial charge in [-0.05, 0) is 68.4 Å². The molecular weight excluding hydrogens is 428 g/mol. The fourth-order valence-corrected chi connectivity index (χ4v) is 5.90. The molecule has 0 radical (unpaired) electrons. The van der Waals surface area contributed by atoms with Gasteiger partial charge in [-0.3, -0.25) is 4.79 Å². The van der Waals surface area contributed by atoms with Gasteiger partial charge >= 0.3 is 5.97 Å². The van der Waals surface area contributed by atoms with Gasteiger partial charge in [-0.15, -0.1) is 0 Å². The topological polar surface area (TPSA) is 108 Å². The summed E-state index contributed by atoms with van der Waals surface area (Å²) in [6, 6.07) is 10.4. The standard InChI is InChI=1S/C26H36N6O2/c27-25-29-20(9-8-19-6-2-3-7-22(19)31-12-4-1-5-13-31)16-23(30-25)32-14-10-26(11-15-32)17-21(24(33)34)28-18-26/h2-3,6-7,16,21,28H,1,4-5,8-15,17-18H2,(H,33,34)(H2,27,29,30)/t21-/m0/s1. The minimum Gasteiger partial charge on any atom is -0.480 e. The minimum atomic E-state index is -0.741. The number of carboxylic acid groups (broad SMARTS) is 1. The smallest absolute Gasteiger partial charge is 0.320 e. The molecule has 3 fully saturated rings. The summed E-state index contributed by atoms with van der Waals surface area (Å²) in [6.07, 6.45) is 8.26. The molecule has 3 aliphatic heterocycles. The number of aliphatic carboxylic acids is 1. The number of benzene rings is 1. The van der Waals surface area contributed by atoms with Crippen LogP contribution in [0.4, 0.5) is 17.5 Å². The SMILES string of the molecule is Nc1nc(CCc2ccccc2N2CCCCC2)cc(N2CCC3(CC2)CN[C@H](C(=O)O)C3)n1. The minimum absolute atomic E-state index is 0.0825. The molecule has 1 spiro atoms. The van der Waals surface area contributed by atoms with Crippen molar-refractivity contribution in [3.63, 3.8) is 0 Å². The molecular formula is C26H36N6O2. The van der Waals surface area contributed by atoms with E-state index in [1.54, 1.807) is 0 Å². The Morgan fingerprint density at radius 3 is 2.56 bits per heavy atom. The molecule has 2 aromatic rings. The van der Waals surface area contributed by atoms with Crippen LogP contribution in [0, 0.1) is 5.41 Å². The highest BCUT2D eigenvalue weighted by Crippen LogP contribution is 2.40. The summed E-state index contributed by atoms with van der Waals surface area (Å²) in [5.74, 6) is 0.474. The Morgan fingerprint density at radius 1 is 1.06 bits per heavy atom. The number of nitrogen functional groups attached to an aromatic ring is 1. The van der Waals surface area contributed by atoms with Crippen molar-refractivity contribution >= 4 is 23.4 Å². The summed E-state index contributed by atoms with van der Waals surface area (Å²) in [5.41, 5.74) is 9.90. The van der Waals surface area contributed by atoms with Gasteiger partial charge in [-0.1, -0.05) is 18.2 Å². The Labute approximate surface area is 201 Å². The Bertz CT molecular complexity index is 1010. The Kier molecular flexibility index (Phi) is 6.59. The lowest BCUT2D eigenvalue weighted by molar-refractivity contribution is -0.139. The van der Waals surface area contributed by atoms with E-state index < -0.39 is 12.0 Å². The number of aromatic nitrogens is 2. The lowest BCUT2D eigenvalue weighted by Crippen LogP contribution is -2.41. The number of rotatable bonds is 6. The second kappa shape index (κ2) is 9.78. The summed E-state index contributed by atoms with van der Waals surface area (Å²) >= 11 is 0. The monoisotopic (exact) mass is 464 g/mol. The summed E-state index contributed by atoms with van der Waals surface area (Å²) in [4.78, 5) is 25.2. The second-order valence-electron chi connectivity index (χ2n) is 10.2. The van der Waals surface area contributed by atoms with Gasteiger partial charge in [0.05, 0.1) is 0 Å². The van der Waals surface area contributed by atoms with Crippen LogP contribution in [0.1, 0.15) is 49.8 Å². The largest absolute Gasteiger partial charge is 0.480 e.